The molecule has 14 heteroatoms. The Morgan fingerprint density at radius 1 is 0.914 bits per heavy atom. The van der Waals surface area contributed by atoms with E-state index in [1.165, 1.54) is 19.2 Å². The zero-order valence-corrected chi connectivity index (χ0v) is 18.1. The van der Waals surface area contributed by atoms with Crippen molar-refractivity contribution < 1.29 is 49.0 Å². The number of benzene rings is 2. The molecule has 1 heterocycles. The van der Waals surface area contributed by atoms with Crippen LogP contribution in [0.2, 0.25) is 0 Å². The normalized spacial score (nSPS) is 16.0. The summed E-state index contributed by atoms with van der Waals surface area (Å²) < 4.78 is 124. The van der Waals surface area contributed by atoms with Crippen LogP contribution in [0.5, 0.6) is 5.75 Å². The molecule has 1 N–H and O–H groups in total. The van der Waals surface area contributed by atoms with Gasteiger partial charge in [0.05, 0.1) is 21.6 Å². The van der Waals surface area contributed by atoms with Gasteiger partial charge < -0.3 is 10.1 Å². The lowest BCUT2D eigenvalue weighted by Gasteiger charge is -2.18. The van der Waals surface area contributed by atoms with E-state index in [4.69, 9.17) is 4.74 Å². The molecule has 0 saturated carbocycles. The smallest absolute Gasteiger partial charge is 0.419 e. The first-order valence-electron chi connectivity index (χ1n) is 9.41. The summed E-state index contributed by atoms with van der Waals surface area (Å²) in [5.74, 6) is -0.679. The van der Waals surface area contributed by atoms with Crippen LogP contribution in [-0.2, 0) is 25.1 Å². The van der Waals surface area contributed by atoms with Crippen LogP contribution in [0.4, 0.5) is 44.3 Å². The Morgan fingerprint density at radius 2 is 1.57 bits per heavy atom. The quantitative estimate of drug-likeness (QED) is 0.429. The number of ether oxygens (including phenoxy) is 1. The number of halogens is 9. The second-order valence-corrected chi connectivity index (χ2v) is 7.99. The van der Waals surface area contributed by atoms with Gasteiger partial charge in [-0.25, -0.2) is 0 Å². The van der Waals surface area contributed by atoms with Crippen molar-refractivity contribution >= 4 is 28.9 Å². The Kier molecular flexibility index (Phi) is 7.16. The molecule has 0 saturated heterocycles. The van der Waals surface area contributed by atoms with Gasteiger partial charge in [0, 0.05) is 12.6 Å². The van der Waals surface area contributed by atoms with Gasteiger partial charge in [0.2, 0.25) is 0 Å². The van der Waals surface area contributed by atoms with Crippen LogP contribution in [-0.4, -0.2) is 18.1 Å². The number of thioether (sulfide) groups is 1. The van der Waals surface area contributed by atoms with E-state index >= 15 is 0 Å². The highest BCUT2D eigenvalue weighted by Gasteiger charge is 2.39. The maximum Gasteiger partial charge on any atom is 0.419 e. The van der Waals surface area contributed by atoms with E-state index in [0.29, 0.717) is 30.0 Å². The van der Waals surface area contributed by atoms with Crippen LogP contribution in [0, 0.1) is 0 Å². The minimum atomic E-state index is -5.20. The molecule has 2 aromatic rings. The average Bonchev–Trinajstić information content (AvgIpc) is 3.09. The Balaban J connectivity index is 1.94. The van der Waals surface area contributed by atoms with Gasteiger partial charge in [-0.15, -0.1) is 0 Å². The molecule has 1 amide bonds. The van der Waals surface area contributed by atoms with Gasteiger partial charge in [-0.1, -0.05) is 12.1 Å². The fourth-order valence-corrected chi connectivity index (χ4v) is 3.79. The first-order chi connectivity index (χ1) is 16.1. The van der Waals surface area contributed by atoms with Crippen LogP contribution in [0.1, 0.15) is 27.8 Å². The molecule has 0 bridgehead atoms. The molecule has 0 radical (unpaired) electrons. The highest BCUT2D eigenvalue weighted by Crippen LogP contribution is 2.40. The lowest BCUT2D eigenvalue weighted by molar-refractivity contribution is -0.144. The fourth-order valence-electron chi connectivity index (χ4n) is 3.02. The Labute approximate surface area is 195 Å². The topological polar surface area (TPSA) is 50.7 Å². The summed E-state index contributed by atoms with van der Waals surface area (Å²) in [7, 11) is 1.46. The van der Waals surface area contributed by atoms with Crippen molar-refractivity contribution in [3.63, 3.8) is 0 Å². The Hall–Kier alpha value is -3.16. The van der Waals surface area contributed by atoms with E-state index in [2.05, 4.69) is 10.3 Å². The van der Waals surface area contributed by atoms with Crippen molar-refractivity contribution in [1.29, 1.82) is 0 Å². The van der Waals surface area contributed by atoms with Crippen molar-refractivity contribution in [2.45, 2.75) is 25.1 Å². The molecule has 0 aliphatic carbocycles. The summed E-state index contributed by atoms with van der Waals surface area (Å²) >= 11 is 0.682. The third kappa shape index (κ3) is 6.29. The number of amidine groups is 1. The highest BCUT2D eigenvalue weighted by molar-refractivity contribution is 8.18. The van der Waals surface area contributed by atoms with Crippen LogP contribution in [0.15, 0.2) is 46.3 Å². The number of hydrogen-bond acceptors (Lipinski definition) is 4. The zero-order valence-electron chi connectivity index (χ0n) is 17.3. The fraction of sp³-hybridized carbons (Fsp3) is 0.238. The van der Waals surface area contributed by atoms with Crippen molar-refractivity contribution in [1.82, 2.24) is 5.32 Å². The van der Waals surface area contributed by atoms with E-state index in [1.54, 1.807) is 0 Å². The first kappa shape index (κ1) is 26.4. The Bertz CT molecular complexity index is 1200. The van der Waals surface area contributed by atoms with E-state index in [9.17, 15) is 44.3 Å². The molecule has 3 rings (SSSR count). The molecule has 188 valence electrons. The monoisotopic (exact) mass is 528 g/mol. The number of alkyl halides is 9. The van der Waals surface area contributed by atoms with Gasteiger partial charge >= 0.3 is 23.8 Å². The van der Waals surface area contributed by atoms with Crippen LogP contribution in [0.25, 0.3) is 6.08 Å². The molecule has 35 heavy (non-hydrogen) atoms. The van der Waals surface area contributed by atoms with Crippen molar-refractivity contribution in [3.05, 3.63) is 69.1 Å². The molecule has 0 fully saturated rings. The molecular formula is C21H13F9N2O2S. The number of rotatable bonds is 4. The predicted molar refractivity (Wildman–Crippen MR) is 110 cm³/mol. The number of likely N-dealkylation sites (N-methyl/N-ethyl adjacent to an activating group) is 1. The number of nitrogens with one attached hydrogen (secondary N) is 1. The summed E-state index contributed by atoms with van der Waals surface area (Å²) in [6.07, 6.45) is -14.0. The highest BCUT2D eigenvalue weighted by atomic mass is 32.2. The average molecular weight is 528 g/mol. The number of carbonyl (C=O) groups is 1. The summed E-state index contributed by atoms with van der Waals surface area (Å²) in [6, 6.07) is 3.46. The molecule has 0 spiro atoms. The van der Waals surface area contributed by atoms with Gasteiger partial charge in [-0.2, -0.15) is 44.5 Å². The minimum absolute atomic E-state index is 0.00432. The molecule has 0 aromatic heterocycles. The molecule has 0 atom stereocenters. The third-order valence-corrected chi connectivity index (χ3v) is 5.40. The molecule has 2 aromatic carbocycles. The summed E-state index contributed by atoms with van der Waals surface area (Å²) in [5.41, 5.74) is -5.35. The third-order valence-electron chi connectivity index (χ3n) is 4.60. The zero-order chi connectivity index (χ0) is 26.2. The second-order valence-electron chi connectivity index (χ2n) is 7.00. The molecule has 0 unspecified atom stereocenters. The lowest BCUT2D eigenvalue weighted by Crippen LogP contribution is -2.16. The minimum Gasteiger partial charge on any atom is -0.488 e. The number of carbonyl (C=O) groups excluding carboxylic acids is 1. The van der Waals surface area contributed by atoms with E-state index < -0.39 is 58.4 Å². The van der Waals surface area contributed by atoms with Crippen LogP contribution >= 0.6 is 11.8 Å². The number of nitrogens with zero attached hydrogens (tertiary/aromatic N) is 1. The van der Waals surface area contributed by atoms with Gasteiger partial charge in [0.15, 0.2) is 0 Å². The van der Waals surface area contributed by atoms with Gasteiger partial charge in [-0.3, -0.25) is 4.79 Å². The predicted octanol–water partition coefficient (Wildman–Crippen LogP) is 7.15. The van der Waals surface area contributed by atoms with Gasteiger partial charge in [-0.05, 0) is 47.7 Å². The lowest BCUT2D eigenvalue weighted by atomic mass is 10.0. The second kappa shape index (κ2) is 9.47. The molecular weight excluding hydrogens is 515 g/mol. The Morgan fingerprint density at radius 3 is 2.14 bits per heavy atom. The maximum absolute atomic E-state index is 13.6. The molecule has 4 nitrogen and oxygen atoms in total. The molecule has 1 aliphatic rings. The first-order valence-corrected chi connectivity index (χ1v) is 10.2. The van der Waals surface area contributed by atoms with Crippen molar-refractivity contribution in [2.24, 2.45) is 4.99 Å². The van der Waals surface area contributed by atoms with Crippen LogP contribution in [0.3, 0.4) is 0 Å². The van der Waals surface area contributed by atoms with Gasteiger partial charge in [0.25, 0.3) is 0 Å². The summed E-state index contributed by atoms with van der Waals surface area (Å²) in [5, 5.41) is 2.05. The van der Waals surface area contributed by atoms with Crippen LogP contribution < -0.4 is 10.1 Å². The number of hydrogen-bond donors (Lipinski definition) is 1. The maximum atomic E-state index is 13.6. The van der Waals surface area contributed by atoms with Crippen molar-refractivity contribution in [3.8, 4) is 5.75 Å². The standard InChI is InChI=1S/C21H13F9N2O2S/c1-31-17-16(35-18(33)32-17)7-10-2-5-15(14(6-10)21(28,29)30)34-9-11-3-4-12(19(22,23)24)8-13(11)20(25,26)27/h2-8H,9H2,1H3,(H,31,32,33). The SMILES string of the molecule is CNC1=NC(=O)SC1=Cc1ccc(OCc2ccc(C(F)(F)F)cc2C(F)(F)F)c(C(F)(F)F)c1. The van der Waals surface area contributed by atoms with E-state index in [0.717, 1.165) is 6.07 Å². The summed E-state index contributed by atoms with van der Waals surface area (Å²) in [4.78, 5) is 15.3. The van der Waals surface area contributed by atoms with E-state index in [1.807, 2.05) is 0 Å². The van der Waals surface area contributed by atoms with Gasteiger partial charge in [0.1, 0.15) is 18.2 Å². The summed E-state index contributed by atoms with van der Waals surface area (Å²) in [6.45, 7) is -1.07. The van der Waals surface area contributed by atoms with E-state index in [-0.39, 0.29) is 22.4 Å². The molecule has 1 aliphatic heterocycles. The largest absolute Gasteiger partial charge is 0.488 e. The number of amides is 1. The van der Waals surface area contributed by atoms with Crippen molar-refractivity contribution in [2.75, 3.05) is 7.05 Å². The number of aliphatic imine (C=N–C) groups is 1.